The smallest absolute Gasteiger partial charge is 0.354 e. The maximum atomic E-state index is 12.6. The number of alkyl halides is 3. The Kier molecular flexibility index (Phi) is 5.39. The van der Waals surface area contributed by atoms with Gasteiger partial charge in [0.25, 0.3) is 0 Å². The molecular formula is C11H15BrF3N3O. The lowest BCUT2D eigenvalue weighted by Crippen LogP contribution is -2.29. The summed E-state index contributed by atoms with van der Waals surface area (Å²) in [6.45, 7) is 3.76. The van der Waals surface area contributed by atoms with Crippen LogP contribution in [0.1, 0.15) is 31.2 Å². The van der Waals surface area contributed by atoms with Crippen molar-refractivity contribution < 1.29 is 18.0 Å². The molecule has 1 heterocycles. The van der Waals surface area contributed by atoms with E-state index in [0.29, 0.717) is 6.54 Å². The van der Waals surface area contributed by atoms with Gasteiger partial charge in [-0.05, 0) is 29.3 Å². The standard InChI is InChI=1S/C11H15BrF3N3O/c1-3-4-5-16-8(19)6-18-7(2)9(12)10(17-18)11(13,14)15/h3-6H2,1-2H3,(H,16,19). The topological polar surface area (TPSA) is 46.9 Å². The summed E-state index contributed by atoms with van der Waals surface area (Å²) in [5.74, 6) is -0.347. The molecule has 0 saturated heterocycles. The Hall–Kier alpha value is -1.05. The lowest BCUT2D eigenvalue weighted by Gasteiger charge is -2.06. The molecule has 0 saturated carbocycles. The van der Waals surface area contributed by atoms with Crippen LogP contribution >= 0.6 is 15.9 Å². The van der Waals surface area contributed by atoms with E-state index in [1.54, 1.807) is 0 Å². The van der Waals surface area contributed by atoms with Crippen molar-refractivity contribution in [2.45, 2.75) is 39.4 Å². The predicted octanol–water partition coefficient (Wildman–Crippen LogP) is 2.89. The van der Waals surface area contributed by atoms with E-state index >= 15 is 0 Å². The third-order valence-electron chi connectivity index (χ3n) is 2.55. The molecule has 4 nitrogen and oxygen atoms in total. The van der Waals surface area contributed by atoms with Crippen molar-refractivity contribution in [1.29, 1.82) is 0 Å². The molecule has 0 aliphatic heterocycles. The molecule has 0 fully saturated rings. The molecule has 1 amide bonds. The van der Waals surface area contributed by atoms with Crippen LogP contribution in [0.2, 0.25) is 0 Å². The Morgan fingerprint density at radius 1 is 1.47 bits per heavy atom. The molecule has 0 aliphatic rings. The first-order valence-corrected chi connectivity index (χ1v) is 6.63. The van der Waals surface area contributed by atoms with Crippen LogP contribution < -0.4 is 5.32 Å². The molecule has 0 bridgehead atoms. The highest BCUT2D eigenvalue weighted by atomic mass is 79.9. The van der Waals surface area contributed by atoms with Gasteiger partial charge in [-0.25, -0.2) is 0 Å². The zero-order chi connectivity index (χ0) is 14.6. The minimum atomic E-state index is -4.53. The van der Waals surface area contributed by atoms with Crippen molar-refractivity contribution in [1.82, 2.24) is 15.1 Å². The van der Waals surface area contributed by atoms with Crippen LogP contribution in [-0.4, -0.2) is 22.2 Å². The maximum absolute atomic E-state index is 12.6. The molecule has 1 aromatic rings. The number of aromatic nitrogens is 2. The molecule has 0 spiro atoms. The summed E-state index contributed by atoms with van der Waals surface area (Å²) in [5, 5.41) is 6.06. The summed E-state index contributed by atoms with van der Waals surface area (Å²) in [6, 6.07) is 0. The number of halogens is 4. The zero-order valence-corrected chi connectivity index (χ0v) is 12.2. The number of hydrogen-bond donors (Lipinski definition) is 1. The van der Waals surface area contributed by atoms with Gasteiger partial charge in [0, 0.05) is 6.54 Å². The van der Waals surface area contributed by atoms with Gasteiger partial charge in [0.05, 0.1) is 10.2 Å². The third kappa shape index (κ3) is 4.22. The van der Waals surface area contributed by atoms with Gasteiger partial charge < -0.3 is 5.32 Å². The lowest BCUT2D eigenvalue weighted by molar-refractivity contribution is -0.142. The summed E-state index contributed by atoms with van der Waals surface area (Å²) in [4.78, 5) is 11.5. The number of carbonyl (C=O) groups is 1. The molecule has 0 aromatic carbocycles. The molecule has 1 rings (SSSR count). The number of unbranched alkanes of at least 4 members (excludes halogenated alkanes) is 1. The molecule has 0 aliphatic carbocycles. The first-order chi connectivity index (χ1) is 8.77. The van der Waals surface area contributed by atoms with E-state index in [4.69, 9.17) is 0 Å². The van der Waals surface area contributed by atoms with Gasteiger partial charge in [-0.2, -0.15) is 18.3 Å². The summed E-state index contributed by atoms with van der Waals surface area (Å²) in [7, 11) is 0. The number of amides is 1. The number of carbonyl (C=O) groups excluding carboxylic acids is 1. The second kappa shape index (κ2) is 6.40. The highest BCUT2D eigenvalue weighted by Crippen LogP contribution is 2.35. The summed E-state index contributed by atoms with van der Waals surface area (Å²) < 4.78 is 38.8. The van der Waals surface area contributed by atoms with E-state index in [0.717, 1.165) is 17.5 Å². The molecule has 108 valence electrons. The summed E-state index contributed by atoms with van der Waals surface area (Å²) in [6.07, 6.45) is -2.76. The van der Waals surface area contributed by atoms with E-state index < -0.39 is 11.9 Å². The minimum absolute atomic E-state index is 0.124. The van der Waals surface area contributed by atoms with Gasteiger partial charge in [0.2, 0.25) is 5.91 Å². The van der Waals surface area contributed by atoms with Crippen LogP contribution in [0.3, 0.4) is 0 Å². The van der Waals surface area contributed by atoms with Crippen molar-refractivity contribution in [3.05, 3.63) is 15.9 Å². The molecule has 19 heavy (non-hydrogen) atoms. The van der Waals surface area contributed by atoms with Crippen molar-refractivity contribution in [2.24, 2.45) is 0 Å². The first kappa shape index (κ1) is 16.0. The molecule has 1 aromatic heterocycles. The maximum Gasteiger partial charge on any atom is 0.436 e. The Morgan fingerprint density at radius 2 is 2.11 bits per heavy atom. The SMILES string of the molecule is CCCCNC(=O)Cn1nc(C(F)(F)F)c(Br)c1C. The molecule has 0 atom stereocenters. The van der Waals surface area contributed by atoms with Crippen molar-refractivity contribution in [2.75, 3.05) is 6.54 Å². The average molecular weight is 342 g/mol. The van der Waals surface area contributed by atoms with Gasteiger partial charge in [-0.1, -0.05) is 13.3 Å². The van der Waals surface area contributed by atoms with E-state index in [-0.39, 0.29) is 22.6 Å². The molecule has 8 heteroatoms. The quantitative estimate of drug-likeness (QED) is 0.837. The highest BCUT2D eigenvalue weighted by molar-refractivity contribution is 9.10. The van der Waals surface area contributed by atoms with E-state index in [1.807, 2.05) is 6.92 Å². The predicted molar refractivity (Wildman–Crippen MR) is 67.6 cm³/mol. The van der Waals surface area contributed by atoms with Crippen LogP contribution in [0.4, 0.5) is 13.2 Å². The van der Waals surface area contributed by atoms with Crippen LogP contribution in [0.5, 0.6) is 0 Å². The van der Waals surface area contributed by atoms with Crippen LogP contribution in [0.15, 0.2) is 4.47 Å². The molecular weight excluding hydrogens is 327 g/mol. The Morgan fingerprint density at radius 3 is 2.58 bits per heavy atom. The third-order valence-corrected chi connectivity index (χ3v) is 3.50. The number of nitrogens with one attached hydrogen (secondary N) is 1. The number of nitrogens with zero attached hydrogens (tertiary/aromatic N) is 2. The monoisotopic (exact) mass is 341 g/mol. The van der Waals surface area contributed by atoms with Gasteiger partial charge >= 0.3 is 6.18 Å². The summed E-state index contributed by atoms with van der Waals surface area (Å²) >= 11 is 2.86. The van der Waals surface area contributed by atoms with E-state index in [9.17, 15) is 18.0 Å². The molecule has 1 N–H and O–H groups in total. The van der Waals surface area contributed by atoms with Crippen molar-refractivity contribution in [3.63, 3.8) is 0 Å². The largest absolute Gasteiger partial charge is 0.436 e. The summed E-state index contributed by atoms with van der Waals surface area (Å²) in [5.41, 5.74) is -0.732. The van der Waals surface area contributed by atoms with E-state index in [1.165, 1.54) is 6.92 Å². The zero-order valence-electron chi connectivity index (χ0n) is 10.6. The molecule has 0 radical (unpaired) electrons. The van der Waals surface area contributed by atoms with Gasteiger partial charge in [-0.3, -0.25) is 9.48 Å². The Bertz CT molecular complexity index is 457. The lowest BCUT2D eigenvalue weighted by atomic mass is 10.3. The van der Waals surface area contributed by atoms with Crippen LogP contribution in [0.25, 0.3) is 0 Å². The first-order valence-electron chi connectivity index (χ1n) is 5.84. The Labute approximate surface area is 117 Å². The van der Waals surface area contributed by atoms with Crippen LogP contribution in [0, 0.1) is 6.92 Å². The van der Waals surface area contributed by atoms with E-state index in [2.05, 4.69) is 26.3 Å². The highest BCUT2D eigenvalue weighted by Gasteiger charge is 2.38. The fourth-order valence-electron chi connectivity index (χ4n) is 1.46. The fourth-order valence-corrected chi connectivity index (χ4v) is 1.96. The van der Waals surface area contributed by atoms with Gasteiger partial charge in [0.1, 0.15) is 6.54 Å². The van der Waals surface area contributed by atoms with Gasteiger partial charge in [-0.15, -0.1) is 0 Å². The second-order valence-corrected chi connectivity index (χ2v) is 4.90. The van der Waals surface area contributed by atoms with Crippen LogP contribution in [-0.2, 0) is 17.5 Å². The van der Waals surface area contributed by atoms with Gasteiger partial charge in [0.15, 0.2) is 5.69 Å². The average Bonchev–Trinajstić information content (AvgIpc) is 2.57. The Balaban J connectivity index is 2.77. The second-order valence-electron chi connectivity index (χ2n) is 4.11. The minimum Gasteiger partial charge on any atom is -0.354 e. The van der Waals surface area contributed by atoms with Crippen molar-refractivity contribution in [3.8, 4) is 0 Å². The normalized spacial score (nSPS) is 11.7. The number of rotatable bonds is 5. The number of hydrogen-bond acceptors (Lipinski definition) is 2. The fraction of sp³-hybridized carbons (Fsp3) is 0.636. The molecule has 0 unspecified atom stereocenters. The van der Waals surface area contributed by atoms with Crippen molar-refractivity contribution >= 4 is 21.8 Å².